The van der Waals surface area contributed by atoms with Crippen LogP contribution in [0.15, 0.2) is 18.2 Å². The van der Waals surface area contributed by atoms with Gasteiger partial charge in [0.1, 0.15) is 12.4 Å². The third-order valence-electron chi connectivity index (χ3n) is 2.34. The van der Waals surface area contributed by atoms with Gasteiger partial charge in [0.2, 0.25) is 0 Å². The van der Waals surface area contributed by atoms with Crippen molar-refractivity contribution in [3.8, 4) is 5.75 Å². The van der Waals surface area contributed by atoms with E-state index in [0.717, 1.165) is 23.8 Å². The van der Waals surface area contributed by atoms with Crippen molar-refractivity contribution in [3.05, 3.63) is 28.8 Å². The van der Waals surface area contributed by atoms with Gasteiger partial charge in [-0.3, -0.25) is 0 Å². The van der Waals surface area contributed by atoms with Crippen LogP contribution in [0, 0.1) is 0 Å². The summed E-state index contributed by atoms with van der Waals surface area (Å²) in [6.45, 7) is 0.741. The van der Waals surface area contributed by atoms with Gasteiger partial charge in [-0.05, 0) is 37.2 Å². The molecule has 0 saturated carbocycles. The maximum Gasteiger partial charge on any atom is 0.122 e. The molecule has 0 bridgehead atoms. The lowest BCUT2D eigenvalue weighted by atomic mass is 10.0. The molecule has 1 aromatic carbocycles. The fraction of sp³-hybridized carbons (Fsp3) is 0.400. The molecule has 0 spiro atoms. The SMILES string of the molecule is CN[C@H]1COc2ccc(Cl)cc2C1. The summed E-state index contributed by atoms with van der Waals surface area (Å²) >= 11 is 5.89. The first-order chi connectivity index (χ1) is 6.29. The highest BCUT2D eigenvalue weighted by Crippen LogP contribution is 2.27. The Morgan fingerprint density at radius 3 is 3.15 bits per heavy atom. The summed E-state index contributed by atoms with van der Waals surface area (Å²) in [6, 6.07) is 6.18. The third kappa shape index (κ3) is 1.79. The van der Waals surface area contributed by atoms with Gasteiger partial charge in [-0.15, -0.1) is 0 Å². The van der Waals surface area contributed by atoms with Crippen LogP contribution in [0.4, 0.5) is 0 Å². The van der Waals surface area contributed by atoms with Crippen LogP contribution in [-0.2, 0) is 6.42 Å². The lowest BCUT2D eigenvalue weighted by Gasteiger charge is -2.24. The summed E-state index contributed by atoms with van der Waals surface area (Å²) in [4.78, 5) is 0. The predicted molar refractivity (Wildman–Crippen MR) is 53.5 cm³/mol. The monoisotopic (exact) mass is 197 g/mol. The maximum absolute atomic E-state index is 5.89. The summed E-state index contributed by atoms with van der Waals surface area (Å²) in [7, 11) is 1.95. The molecule has 0 saturated heterocycles. The molecule has 0 radical (unpaired) electrons. The average molecular weight is 198 g/mol. The van der Waals surface area contributed by atoms with Crippen LogP contribution in [-0.4, -0.2) is 19.7 Å². The van der Waals surface area contributed by atoms with Gasteiger partial charge in [0.15, 0.2) is 0 Å². The number of hydrogen-bond donors (Lipinski definition) is 1. The van der Waals surface area contributed by atoms with Gasteiger partial charge in [-0.2, -0.15) is 0 Å². The standard InChI is InChI=1S/C10H12ClNO/c1-12-9-5-7-4-8(11)2-3-10(7)13-6-9/h2-4,9,12H,5-6H2,1H3/t9-/m1/s1. The van der Waals surface area contributed by atoms with E-state index in [-0.39, 0.29) is 0 Å². The predicted octanol–water partition coefficient (Wildman–Crippen LogP) is 1.86. The lowest BCUT2D eigenvalue weighted by molar-refractivity contribution is 0.245. The Morgan fingerprint density at radius 2 is 2.38 bits per heavy atom. The highest BCUT2D eigenvalue weighted by atomic mass is 35.5. The van der Waals surface area contributed by atoms with Crippen LogP contribution in [0.25, 0.3) is 0 Å². The van der Waals surface area contributed by atoms with Crippen LogP contribution >= 0.6 is 11.6 Å². The molecule has 1 aromatic rings. The van der Waals surface area contributed by atoms with E-state index < -0.39 is 0 Å². The summed E-state index contributed by atoms with van der Waals surface area (Å²) in [6.07, 6.45) is 0.992. The van der Waals surface area contributed by atoms with Crippen molar-refractivity contribution >= 4 is 11.6 Å². The summed E-state index contributed by atoms with van der Waals surface area (Å²) in [5.74, 6) is 0.968. The van der Waals surface area contributed by atoms with Crippen molar-refractivity contribution in [2.24, 2.45) is 0 Å². The van der Waals surface area contributed by atoms with Crippen LogP contribution in [0.3, 0.4) is 0 Å². The minimum atomic E-state index is 0.408. The second-order valence-electron chi connectivity index (χ2n) is 3.25. The van der Waals surface area contributed by atoms with Crippen LogP contribution in [0.1, 0.15) is 5.56 Å². The third-order valence-corrected chi connectivity index (χ3v) is 2.57. The number of halogens is 1. The zero-order valence-electron chi connectivity index (χ0n) is 7.51. The quantitative estimate of drug-likeness (QED) is 0.742. The van der Waals surface area contributed by atoms with Crippen molar-refractivity contribution in [2.45, 2.75) is 12.5 Å². The Hall–Kier alpha value is -0.730. The molecule has 1 aliphatic rings. The number of likely N-dealkylation sites (N-methyl/N-ethyl adjacent to an activating group) is 1. The van der Waals surface area contributed by atoms with Crippen LogP contribution in [0.2, 0.25) is 5.02 Å². The van der Waals surface area contributed by atoms with E-state index in [1.807, 2.05) is 25.2 Å². The smallest absolute Gasteiger partial charge is 0.122 e. The van der Waals surface area contributed by atoms with E-state index in [1.165, 1.54) is 5.56 Å². The second kappa shape index (κ2) is 3.56. The fourth-order valence-corrected chi connectivity index (χ4v) is 1.74. The Bertz CT molecular complexity index is 314. The minimum Gasteiger partial charge on any atom is -0.492 e. The van der Waals surface area contributed by atoms with Crippen molar-refractivity contribution in [3.63, 3.8) is 0 Å². The van der Waals surface area contributed by atoms with Crippen molar-refractivity contribution in [1.82, 2.24) is 5.32 Å². The number of nitrogens with one attached hydrogen (secondary N) is 1. The molecule has 1 atom stereocenters. The number of ether oxygens (including phenoxy) is 1. The molecule has 0 amide bonds. The zero-order valence-corrected chi connectivity index (χ0v) is 8.27. The van der Waals surface area contributed by atoms with E-state index in [4.69, 9.17) is 16.3 Å². The highest BCUT2D eigenvalue weighted by Gasteiger charge is 2.17. The Labute approximate surface area is 82.9 Å². The first kappa shape index (κ1) is 8.85. The Morgan fingerprint density at radius 1 is 1.54 bits per heavy atom. The molecular formula is C10H12ClNO. The minimum absolute atomic E-state index is 0.408. The molecule has 1 N–H and O–H groups in total. The van der Waals surface area contributed by atoms with Gasteiger partial charge in [0.25, 0.3) is 0 Å². The summed E-state index contributed by atoms with van der Waals surface area (Å²) < 4.78 is 5.56. The fourth-order valence-electron chi connectivity index (χ4n) is 1.55. The molecule has 13 heavy (non-hydrogen) atoms. The van der Waals surface area contributed by atoms with E-state index in [0.29, 0.717) is 6.04 Å². The topological polar surface area (TPSA) is 21.3 Å². The van der Waals surface area contributed by atoms with E-state index in [2.05, 4.69) is 5.32 Å². The molecule has 70 valence electrons. The molecule has 2 nitrogen and oxygen atoms in total. The number of hydrogen-bond acceptors (Lipinski definition) is 2. The first-order valence-corrected chi connectivity index (χ1v) is 4.76. The maximum atomic E-state index is 5.89. The first-order valence-electron chi connectivity index (χ1n) is 4.38. The Balaban J connectivity index is 2.27. The molecule has 0 aliphatic carbocycles. The molecule has 1 aliphatic heterocycles. The number of rotatable bonds is 1. The second-order valence-corrected chi connectivity index (χ2v) is 3.69. The van der Waals surface area contributed by atoms with Crippen molar-refractivity contribution in [2.75, 3.05) is 13.7 Å². The molecule has 0 aromatic heterocycles. The molecule has 3 heteroatoms. The normalized spacial score (nSPS) is 20.6. The van der Waals surface area contributed by atoms with Gasteiger partial charge in [-0.1, -0.05) is 11.6 Å². The zero-order chi connectivity index (χ0) is 9.26. The van der Waals surface area contributed by atoms with Crippen molar-refractivity contribution < 1.29 is 4.74 Å². The van der Waals surface area contributed by atoms with E-state index in [1.54, 1.807) is 0 Å². The van der Waals surface area contributed by atoms with Gasteiger partial charge in [0, 0.05) is 11.1 Å². The van der Waals surface area contributed by atoms with Gasteiger partial charge in [-0.25, -0.2) is 0 Å². The summed E-state index contributed by atoms with van der Waals surface area (Å²) in [5.41, 5.74) is 1.19. The molecule has 0 unspecified atom stereocenters. The molecular weight excluding hydrogens is 186 g/mol. The van der Waals surface area contributed by atoms with E-state index in [9.17, 15) is 0 Å². The molecule has 1 heterocycles. The van der Waals surface area contributed by atoms with Crippen molar-refractivity contribution in [1.29, 1.82) is 0 Å². The van der Waals surface area contributed by atoms with Crippen LogP contribution < -0.4 is 10.1 Å². The Kier molecular flexibility index (Phi) is 2.42. The van der Waals surface area contributed by atoms with Gasteiger partial charge < -0.3 is 10.1 Å². The average Bonchev–Trinajstić information content (AvgIpc) is 2.16. The molecule has 0 fully saturated rings. The molecule has 2 rings (SSSR count). The van der Waals surface area contributed by atoms with Crippen LogP contribution in [0.5, 0.6) is 5.75 Å². The van der Waals surface area contributed by atoms with Gasteiger partial charge >= 0.3 is 0 Å². The number of benzene rings is 1. The highest BCUT2D eigenvalue weighted by molar-refractivity contribution is 6.30. The largest absolute Gasteiger partial charge is 0.492 e. The van der Waals surface area contributed by atoms with Gasteiger partial charge in [0.05, 0.1) is 0 Å². The summed E-state index contributed by atoms with van der Waals surface area (Å²) in [5, 5.41) is 3.97. The number of fused-ring (bicyclic) bond motifs is 1. The lowest BCUT2D eigenvalue weighted by Crippen LogP contribution is -2.36. The van der Waals surface area contributed by atoms with E-state index >= 15 is 0 Å².